The summed E-state index contributed by atoms with van der Waals surface area (Å²) in [4.78, 5) is 15.7. The van der Waals surface area contributed by atoms with Crippen LogP contribution in [0.5, 0.6) is 0 Å². The van der Waals surface area contributed by atoms with Crippen LogP contribution >= 0.6 is 11.3 Å². The summed E-state index contributed by atoms with van der Waals surface area (Å²) in [6, 6.07) is 5.57. The van der Waals surface area contributed by atoms with Crippen molar-refractivity contribution in [2.75, 3.05) is 11.9 Å². The van der Waals surface area contributed by atoms with Crippen LogP contribution in [0, 0.1) is 18.3 Å². The molecule has 0 unspecified atom stereocenters. The molecule has 0 aliphatic carbocycles. The minimum atomic E-state index is -0.285. The van der Waals surface area contributed by atoms with Crippen LogP contribution in [0.15, 0.2) is 12.1 Å². The van der Waals surface area contributed by atoms with Gasteiger partial charge < -0.3 is 5.32 Å². The third kappa shape index (κ3) is 2.41. The molecule has 2 amide bonds. The summed E-state index contributed by atoms with van der Waals surface area (Å²) in [6.45, 7) is 4.31. The van der Waals surface area contributed by atoms with Crippen molar-refractivity contribution >= 4 is 32.7 Å². The normalized spacial score (nSPS) is 10.1. The first kappa shape index (κ1) is 12.3. The lowest BCUT2D eigenvalue weighted by atomic mass is 10.1. The number of amides is 2. The fraction of sp³-hybridized carbons (Fsp3) is 0.250. The minimum absolute atomic E-state index is 0.285. The Morgan fingerprint density at radius 2 is 2.33 bits per heavy atom. The molecule has 92 valence electrons. The van der Waals surface area contributed by atoms with Crippen LogP contribution in [0.2, 0.25) is 0 Å². The number of hydrogen-bond donors (Lipinski definition) is 2. The van der Waals surface area contributed by atoms with Crippen molar-refractivity contribution in [3.8, 4) is 6.07 Å². The molecule has 0 saturated heterocycles. The third-order valence-corrected chi connectivity index (χ3v) is 3.33. The summed E-state index contributed by atoms with van der Waals surface area (Å²) in [6.07, 6.45) is 0. The number of urea groups is 1. The lowest BCUT2D eigenvalue weighted by Gasteiger charge is -2.00. The van der Waals surface area contributed by atoms with E-state index in [4.69, 9.17) is 5.26 Å². The molecule has 5 nitrogen and oxygen atoms in total. The summed E-state index contributed by atoms with van der Waals surface area (Å²) in [5.41, 5.74) is 2.31. The molecule has 0 aliphatic rings. The number of carbonyl (C=O) groups is 1. The zero-order chi connectivity index (χ0) is 13.1. The number of nitrogens with zero attached hydrogens (tertiary/aromatic N) is 2. The number of hydrogen-bond acceptors (Lipinski definition) is 4. The minimum Gasteiger partial charge on any atom is -0.338 e. The van der Waals surface area contributed by atoms with E-state index in [0.717, 1.165) is 15.8 Å². The van der Waals surface area contributed by atoms with E-state index in [0.29, 0.717) is 17.2 Å². The molecule has 0 spiro atoms. The van der Waals surface area contributed by atoms with E-state index in [1.165, 1.54) is 11.3 Å². The average molecular weight is 260 g/mol. The second-order valence-corrected chi connectivity index (χ2v) is 4.78. The van der Waals surface area contributed by atoms with Gasteiger partial charge in [0.25, 0.3) is 0 Å². The van der Waals surface area contributed by atoms with Gasteiger partial charge in [-0.1, -0.05) is 11.3 Å². The Morgan fingerprint density at radius 3 is 3.00 bits per heavy atom. The predicted octanol–water partition coefficient (Wildman–Crippen LogP) is 2.62. The number of aromatic nitrogens is 1. The lowest BCUT2D eigenvalue weighted by Crippen LogP contribution is -2.28. The van der Waals surface area contributed by atoms with Gasteiger partial charge in [0, 0.05) is 6.54 Å². The smallest absolute Gasteiger partial charge is 0.321 e. The van der Waals surface area contributed by atoms with Crippen LogP contribution in [0.1, 0.15) is 18.1 Å². The fourth-order valence-corrected chi connectivity index (χ4v) is 2.52. The number of fused-ring (bicyclic) bond motifs is 1. The summed E-state index contributed by atoms with van der Waals surface area (Å²) < 4.78 is 0.801. The van der Waals surface area contributed by atoms with Crippen molar-refractivity contribution in [1.29, 1.82) is 5.26 Å². The second kappa shape index (κ2) is 5.02. The maximum absolute atomic E-state index is 11.4. The molecule has 0 bridgehead atoms. The van der Waals surface area contributed by atoms with Crippen LogP contribution < -0.4 is 10.6 Å². The van der Waals surface area contributed by atoms with E-state index in [2.05, 4.69) is 21.7 Å². The van der Waals surface area contributed by atoms with E-state index in [1.54, 1.807) is 0 Å². The number of rotatable bonds is 2. The summed E-state index contributed by atoms with van der Waals surface area (Å²) in [5, 5.41) is 14.8. The molecule has 1 aromatic carbocycles. The van der Waals surface area contributed by atoms with E-state index < -0.39 is 0 Å². The van der Waals surface area contributed by atoms with Gasteiger partial charge in [-0.15, -0.1) is 0 Å². The molecule has 18 heavy (non-hydrogen) atoms. The largest absolute Gasteiger partial charge is 0.338 e. The maximum atomic E-state index is 11.4. The van der Waals surface area contributed by atoms with Gasteiger partial charge in [-0.25, -0.2) is 9.78 Å². The Morgan fingerprint density at radius 1 is 1.56 bits per heavy atom. The van der Waals surface area contributed by atoms with Gasteiger partial charge in [0.1, 0.15) is 6.07 Å². The summed E-state index contributed by atoms with van der Waals surface area (Å²) in [5.74, 6) is 0. The molecule has 2 rings (SSSR count). The molecule has 0 fully saturated rings. The molecule has 0 atom stereocenters. The maximum Gasteiger partial charge on any atom is 0.321 e. The van der Waals surface area contributed by atoms with Gasteiger partial charge >= 0.3 is 6.03 Å². The SMILES string of the molecule is CCNC(=O)Nc1nc2cc(C)cc(C#N)c2s1. The fourth-order valence-electron chi connectivity index (χ4n) is 1.61. The van der Waals surface area contributed by atoms with Gasteiger partial charge in [0.05, 0.1) is 15.8 Å². The third-order valence-electron chi connectivity index (χ3n) is 2.31. The number of anilines is 1. The van der Waals surface area contributed by atoms with Crippen molar-refractivity contribution in [2.24, 2.45) is 0 Å². The molecule has 0 radical (unpaired) electrons. The van der Waals surface area contributed by atoms with Gasteiger partial charge in [0.2, 0.25) is 0 Å². The molecule has 0 saturated carbocycles. The highest BCUT2D eigenvalue weighted by Crippen LogP contribution is 2.29. The zero-order valence-corrected chi connectivity index (χ0v) is 10.9. The number of aryl methyl sites for hydroxylation is 1. The molecule has 2 N–H and O–H groups in total. The molecular formula is C12H12N4OS. The van der Waals surface area contributed by atoms with Crippen LogP contribution in [-0.4, -0.2) is 17.6 Å². The highest BCUT2D eigenvalue weighted by Gasteiger charge is 2.10. The lowest BCUT2D eigenvalue weighted by molar-refractivity contribution is 0.252. The van der Waals surface area contributed by atoms with Crippen LogP contribution in [-0.2, 0) is 0 Å². The second-order valence-electron chi connectivity index (χ2n) is 3.78. The number of benzene rings is 1. The number of nitrogens with one attached hydrogen (secondary N) is 2. The summed E-state index contributed by atoms with van der Waals surface area (Å²) >= 11 is 1.31. The van der Waals surface area contributed by atoms with Crippen molar-refractivity contribution in [1.82, 2.24) is 10.3 Å². The van der Waals surface area contributed by atoms with Crippen molar-refractivity contribution in [3.63, 3.8) is 0 Å². The van der Waals surface area contributed by atoms with Crippen molar-refractivity contribution < 1.29 is 4.79 Å². The van der Waals surface area contributed by atoms with Gasteiger partial charge in [-0.05, 0) is 31.5 Å². The van der Waals surface area contributed by atoms with Crippen LogP contribution in [0.4, 0.5) is 9.93 Å². The zero-order valence-electron chi connectivity index (χ0n) is 10.1. The van der Waals surface area contributed by atoms with Gasteiger partial charge in [0.15, 0.2) is 5.13 Å². The Hall–Kier alpha value is -2.13. The highest BCUT2D eigenvalue weighted by molar-refractivity contribution is 7.22. The molecule has 0 aliphatic heterocycles. The van der Waals surface area contributed by atoms with E-state index in [-0.39, 0.29) is 6.03 Å². The molecular weight excluding hydrogens is 248 g/mol. The first-order valence-electron chi connectivity index (χ1n) is 5.50. The van der Waals surface area contributed by atoms with Crippen molar-refractivity contribution in [2.45, 2.75) is 13.8 Å². The standard InChI is InChI=1S/C12H12N4OS/c1-3-14-11(17)16-12-15-9-5-7(2)4-8(6-13)10(9)18-12/h4-5H,3H2,1-2H3,(H2,14,15,16,17). The first-order valence-corrected chi connectivity index (χ1v) is 6.32. The Labute approximate surface area is 108 Å². The monoisotopic (exact) mass is 260 g/mol. The van der Waals surface area contributed by atoms with Gasteiger partial charge in [-0.2, -0.15) is 5.26 Å². The van der Waals surface area contributed by atoms with E-state index >= 15 is 0 Å². The number of carbonyl (C=O) groups excluding carboxylic acids is 1. The van der Waals surface area contributed by atoms with E-state index in [1.807, 2.05) is 26.0 Å². The Bertz CT molecular complexity index is 641. The summed E-state index contributed by atoms with van der Waals surface area (Å²) in [7, 11) is 0. The predicted molar refractivity (Wildman–Crippen MR) is 71.8 cm³/mol. The molecule has 1 aromatic heterocycles. The average Bonchev–Trinajstić information content (AvgIpc) is 2.70. The number of nitriles is 1. The molecule has 2 aromatic rings. The van der Waals surface area contributed by atoms with Gasteiger partial charge in [-0.3, -0.25) is 5.32 Å². The number of thiazole rings is 1. The first-order chi connectivity index (χ1) is 8.63. The molecule has 1 heterocycles. The van der Waals surface area contributed by atoms with Crippen molar-refractivity contribution in [3.05, 3.63) is 23.3 Å². The highest BCUT2D eigenvalue weighted by atomic mass is 32.1. The topological polar surface area (TPSA) is 77.8 Å². The van der Waals surface area contributed by atoms with Crippen LogP contribution in [0.25, 0.3) is 10.2 Å². The Kier molecular flexibility index (Phi) is 3.44. The Balaban J connectivity index is 2.39. The van der Waals surface area contributed by atoms with E-state index in [9.17, 15) is 4.79 Å². The van der Waals surface area contributed by atoms with Crippen LogP contribution in [0.3, 0.4) is 0 Å². The molecule has 6 heteroatoms. The quantitative estimate of drug-likeness (QED) is 0.871.